The summed E-state index contributed by atoms with van der Waals surface area (Å²) in [7, 11) is 0. The Kier molecular flexibility index (Phi) is 2.37. The smallest absolute Gasteiger partial charge is 0.191 e. The fourth-order valence-corrected chi connectivity index (χ4v) is 1.86. The summed E-state index contributed by atoms with van der Waals surface area (Å²) in [5, 5.41) is 3.19. The van der Waals surface area contributed by atoms with Crippen LogP contribution >= 0.6 is 0 Å². The molecular formula is C10H14N2O2. The SMILES string of the molecule is Cc1nc(C)c(C2CNCCC2=O)o1. The highest BCUT2D eigenvalue weighted by molar-refractivity contribution is 5.86. The van der Waals surface area contributed by atoms with Gasteiger partial charge in [-0.1, -0.05) is 0 Å². The average Bonchev–Trinajstić information content (AvgIpc) is 2.46. The number of aryl methyl sites for hydroxylation is 2. The van der Waals surface area contributed by atoms with Gasteiger partial charge in [-0.25, -0.2) is 4.98 Å². The predicted octanol–water partition coefficient (Wildman–Crippen LogP) is 0.937. The molecule has 1 aliphatic rings. The first-order valence-corrected chi connectivity index (χ1v) is 4.86. The Bertz CT molecular complexity index is 357. The largest absolute Gasteiger partial charge is 0.445 e. The van der Waals surface area contributed by atoms with Gasteiger partial charge >= 0.3 is 0 Å². The van der Waals surface area contributed by atoms with Gasteiger partial charge in [0, 0.05) is 26.4 Å². The van der Waals surface area contributed by atoms with Gasteiger partial charge < -0.3 is 9.73 Å². The number of carbonyl (C=O) groups is 1. The van der Waals surface area contributed by atoms with Crippen LogP contribution in [-0.2, 0) is 4.79 Å². The van der Waals surface area contributed by atoms with Crippen molar-refractivity contribution in [2.45, 2.75) is 26.2 Å². The van der Waals surface area contributed by atoms with E-state index in [9.17, 15) is 4.79 Å². The van der Waals surface area contributed by atoms with Crippen molar-refractivity contribution in [3.05, 3.63) is 17.3 Å². The number of nitrogens with zero attached hydrogens (tertiary/aromatic N) is 1. The van der Waals surface area contributed by atoms with Gasteiger partial charge in [0.25, 0.3) is 0 Å². The van der Waals surface area contributed by atoms with Gasteiger partial charge in [-0.15, -0.1) is 0 Å². The first-order chi connectivity index (χ1) is 6.68. The first kappa shape index (κ1) is 9.40. The third kappa shape index (κ3) is 1.57. The van der Waals surface area contributed by atoms with Crippen molar-refractivity contribution < 1.29 is 9.21 Å². The fourth-order valence-electron chi connectivity index (χ4n) is 1.86. The highest BCUT2D eigenvalue weighted by Crippen LogP contribution is 2.24. The van der Waals surface area contributed by atoms with Gasteiger partial charge in [0.05, 0.1) is 11.6 Å². The molecule has 1 aliphatic heterocycles. The van der Waals surface area contributed by atoms with E-state index in [0.29, 0.717) is 18.9 Å². The quantitative estimate of drug-likeness (QED) is 0.722. The van der Waals surface area contributed by atoms with Crippen LogP contribution in [0.25, 0.3) is 0 Å². The van der Waals surface area contributed by atoms with Gasteiger partial charge in [0.2, 0.25) is 0 Å². The number of hydrogen-bond acceptors (Lipinski definition) is 4. The number of ketones is 1. The Morgan fingerprint density at radius 3 is 2.86 bits per heavy atom. The first-order valence-electron chi connectivity index (χ1n) is 4.86. The molecule has 2 heterocycles. The van der Waals surface area contributed by atoms with Crippen LogP contribution in [0.15, 0.2) is 4.42 Å². The van der Waals surface area contributed by atoms with E-state index >= 15 is 0 Å². The molecule has 0 amide bonds. The van der Waals surface area contributed by atoms with E-state index in [1.54, 1.807) is 6.92 Å². The van der Waals surface area contributed by atoms with Crippen molar-refractivity contribution in [3.63, 3.8) is 0 Å². The van der Waals surface area contributed by atoms with Crippen LogP contribution in [0.5, 0.6) is 0 Å². The molecule has 0 radical (unpaired) electrons. The molecule has 76 valence electrons. The molecule has 2 rings (SSSR count). The summed E-state index contributed by atoms with van der Waals surface area (Å²) in [6.45, 7) is 5.14. The van der Waals surface area contributed by atoms with Crippen LogP contribution in [-0.4, -0.2) is 23.9 Å². The summed E-state index contributed by atoms with van der Waals surface area (Å²) < 4.78 is 5.45. The number of nitrogens with one attached hydrogen (secondary N) is 1. The zero-order valence-electron chi connectivity index (χ0n) is 8.46. The Morgan fingerprint density at radius 2 is 2.29 bits per heavy atom. The third-order valence-corrected chi connectivity index (χ3v) is 2.54. The molecule has 1 aromatic heterocycles. The van der Waals surface area contributed by atoms with Crippen LogP contribution in [0.3, 0.4) is 0 Å². The predicted molar refractivity (Wildman–Crippen MR) is 51.2 cm³/mol. The normalized spacial score (nSPS) is 22.7. The molecule has 0 spiro atoms. The van der Waals surface area contributed by atoms with Gasteiger partial charge in [0.15, 0.2) is 5.89 Å². The molecule has 1 N–H and O–H groups in total. The van der Waals surface area contributed by atoms with Crippen molar-refractivity contribution in [2.75, 3.05) is 13.1 Å². The minimum Gasteiger partial charge on any atom is -0.445 e. The molecule has 0 bridgehead atoms. The topological polar surface area (TPSA) is 55.1 Å². The van der Waals surface area contributed by atoms with E-state index in [2.05, 4.69) is 10.3 Å². The van der Waals surface area contributed by atoms with Crippen molar-refractivity contribution in [3.8, 4) is 0 Å². The lowest BCUT2D eigenvalue weighted by molar-refractivity contribution is -0.121. The molecule has 0 saturated carbocycles. The summed E-state index contributed by atoms with van der Waals surface area (Å²) >= 11 is 0. The zero-order valence-corrected chi connectivity index (χ0v) is 8.46. The van der Waals surface area contributed by atoms with Crippen molar-refractivity contribution in [1.29, 1.82) is 0 Å². The standard InChI is InChI=1S/C10H14N2O2/c1-6-10(14-7(2)12-6)8-5-11-4-3-9(8)13/h8,11H,3-5H2,1-2H3. The molecule has 1 aromatic rings. The molecule has 14 heavy (non-hydrogen) atoms. The lowest BCUT2D eigenvalue weighted by atomic mass is 9.94. The maximum atomic E-state index is 11.6. The van der Waals surface area contributed by atoms with Crippen molar-refractivity contribution in [2.24, 2.45) is 0 Å². The fraction of sp³-hybridized carbons (Fsp3) is 0.600. The van der Waals surface area contributed by atoms with Crippen LogP contribution in [0.1, 0.15) is 29.7 Å². The average molecular weight is 194 g/mol. The Labute approximate surface area is 82.7 Å². The lowest BCUT2D eigenvalue weighted by Gasteiger charge is -2.19. The van der Waals surface area contributed by atoms with E-state index in [1.165, 1.54) is 0 Å². The second-order valence-electron chi connectivity index (χ2n) is 3.66. The Morgan fingerprint density at radius 1 is 1.50 bits per heavy atom. The van der Waals surface area contributed by atoms with Gasteiger partial charge in [-0.3, -0.25) is 4.79 Å². The van der Waals surface area contributed by atoms with E-state index in [-0.39, 0.29) is 11.7 Å². The Balaban J connectivity index is 2.28. The summed E-state index contributed by atoms with van der Waals surface area (Å²) in [5.41, 5.74) is 0.838. The number of piperidine rings is 1. The molecule has 0 aromatic carbocycles. The highest BCUT2D eigenvalue weighted by atomic mass is 16.4. The van der Waals surface area contributed by atoms with Gasteiger partial charge in [-0.2, -0.15) is 0 Å². The number of carbonyl (C=O) groups excluding carboxylic acids is 1. The van der Waals surface area contributed by atoms with Gasteiger partial charge in [0.1, 0.15) is 11.5 Å². The number of rotatable bonds is 1. The molecular weight excluding hydrogens is 180 g/mol. The minimum atomic E-state index is -0.134. The second-order valence-corrected chi connectivity index (χ2v) is 3.66. The Hall–Kier alpha value is -1.16. The van der Waals surface area contributed by atoms with E-state index in [0.717, 1.165) is 18.0 Å². The summed E-state index contributed by atoms with van der Waals surface area (Å²) in [5.74, 6) is 1.49. The molecule has 1 unspecified atom stereocenters. The third-order valence-electron chi connectivity index (χ3n) is 2.54. The van der Waals surface area contributed by atoms with Gasteiger partial charge in [-0.05, 0) is 6.92 Å². The van der Waals surface area contributed by atoms with E-state index < -0.39 is 0 Å². The molecule has 0 aliphatic carbocycles. The maximum Gasteiger partial charge on any atom is 0.191 e. The lowest BCUT2D eigenvalue weighted by Crippen LogP contribution is -2.35. The molecule has 1 saturated heterocycles. The van der Waals surface area contributed by atoms with E-state index in [1.807, 2.05) is 6.92 Å². The monoisotopic (exact) mass is 194 g/mol. The van der Waals surface area contributed by atoms with Crippen LogP contribution < -0.4 is 5.32 Å². The maximum absolute atomic E-state index is 11.6. The number of hydrogen-bond donors (Lipinski definition) is 1. The summed E-state index contributed by atoms with van der Waals surface area (Å²) in [6.07, 6.45) is 0.587. The van der Waals surface area contributed by atoms with E-state index in [4.69, 9.17) is 4.42 Å². The van der Waals surface area contributed by atoms with Crippen molar-refractivity contribution >= 4 is 5.78 Å². The second kappa shape index (κ2) is 3.53. The summed E-state index contributed by atoms with van der Waals surface area (Å²) in [6, 6.07) is 0. The number of Topliss-reactive ketones (excluding diaryl/α,β-unsaturated/α-hetero) is 1. The van der Waals surface area contributed by atoms with Crippen molar-refractivity contribution in [1.82, 2.24) is 10.3 Å². The molecule has 1 fully saturated rings. The number of oxazole rings is 1. The molecule has 4 heteroatoms. The van der Waals surface area contributed by atoms with Crippen LogP contribution in [0.2, 0.25) is 0 Å². The highest BCUT2D eigenvalue weighted by Gasteiger charge is 2.28. The number of aromatic nitrogens is 1. The molecule has 1 atom stereocenters. The van der Waals surface area contributed by atoms with Crippen LogP contribution in [0.4, 0.5) is 0 Å². The summed E-state index contributed by atoms with van der Waals surface area (Å²) in [4.78, 5) is 15.8. The zero-order chi connectivity index (χ0) is 10.1. The molecule has 4 nitrogen and oxygen atoms in total. The minimum absolute atomic E-state index is 0.134. The van der Waals surface area contributed by atoms with Crippen LogP contribution in [0, 0.1) is 13.8 Å².